The molecule has 0 atom stereocenters. The van der Waals surface area contributed by atoms with Crippen LogP contribution in [-0.4, -0.2) is 19.2 Å². The molecule has 5 nitrogen and oxygen atoms in total. The first-order chi connectivity index (χ1) is 12.6. The van der Waals surface area contributed by atoms with Crippen molar-refractivity contribution in [3.63, 3.8) is 0 Å². The van der Waals surface area contributed by atoms with Gasteiger partial charge in [-0.1, -0.05) is 30.3 Å². The van der Waals surface area contributed by atoms with Crippen LogP contribution in [0.3, 0.4) is 0 Å². The predicted octanol–water partition coefficient (Wildman–Crippen LogP) is 4.14. The van der Waals surface area contributed by atoms with Gasteiger partial charge in [-0.05, 0) is 43.7 Å². The molecule has 0 amide bonds. The van der Waals surface area contributed by atoms with Crippen LogP contribution in [0.25, 0.3) is 27.8 Å². The summed E-state index contributed by atoms with van der Waals surface area (Å²) in [6.07, 6.45) is 3.54. The molecular weight excluding hydrogens is 326 g/mol. The lowest BCUT2D eigenvalue weighted by Gasteiger charge is -2.10. The Balaban J connectivity index is 2.08. The van der Waals surface area contributed by atoms with Crippen molar-refractivity contribution in [1.82, 2.24) is 14.1 Å². The zero-order valence-electron chi connectivity index (χ0n) is 14.6. The van der Waals surface area contributed by atoms with Gasteiger partial charge in [0.05, 0.1) is 5.39 Å². The fourth-order valence-corrected chi connectivity index (χ4v) is 3.14. The molecule has 0 saturated carbocycles. The summed E-state index contributed by atoms with van der Waals surface area (Å²) >= 11 is 0. The van der Waals surface area contributed by atoms with E-state index in [1.54, 1.807) is 23.0 Å². The Morgan fingerprint density at radius 2 is 1.69 bits per heavy atom. The van der Waals surface area contributed by atoms with E-state index in [0.717, 1.165) is 16.8 Å². The molecule has 0 spiro atoms. The summed E-state index contributed by atoms with van der Waals surface area (Å²) in [6.45, 7) is 3.92. The topological polar surface area (TPSA) is 60.0 Å². The van der Waals surface area contributed by atoms with E-state index in [4.69, 9.17) is 0 Å². The highest BCUT2D eigenvalue weighted by Crippen LogP contribution is 2.30. The van der Waals surface area contributed by atoms with Gasteiger partial charge in [0.1, 0.15) is 12.1 Å². The van der Waals surface area contributed by atoms with Crippen LogP contribution in [0.2, 0.25) is 0 Å². The monoisotopic (exact) mass is 345 g/mol. The van der Waals surface area contributed by atoms with Crippen molar-refractivity contribution >= 4 is 11.0 Å². The quantitative estimate of drug-likeness (QED) is 0.607. The van der Waals surface area contributed by atoms with Crippen molar-refractivity contribution in [3.8, 4) is 22.6 Å². The second-order valence-electron chi connectivity index (χ2n) is 6.54. The van der Waals surface area contributed by atoms with E-state index in [2.05, 4.69) is 4.98 Å². The minimum Gasteiger partial charge on any atom is -0.508 e. The molecule has 0 fully saturated rings. The van der Waals surface area contributed by atoms with Crippen molar-refractivity contribution in [1.29, 1.82) is 0 Å². The molecule has 0 unspecified atom stereocenters. The molecule has 0 aliphatic rings. The van der Waals surface area contributed by atoms with Gasteiger partial charge in [0, 0.05) is 23.5 Å². The molecule has 2 aromatic heterocycles. The second kappa shape index (κ2) is 6.19. The lowest BCUT2D eigenvalue weighted by Crippen LogP contribution is -2.22. The normalized spacial score (nSPS) is 11.3. The number of nitrogens with zero attached hydrogens (tertiary/aromatic N) is 3. The van der Waals surface area contributed by atoms with Crippen molar-refractivity contribution in [3.05, 3.63) is 77.5 Å². The van der Waals surface area contributed by atoms with Crippen LogP contribution < -0.4 is 5.56 Å². The molecule has 4 aromatic rings. The third-order valence-corrected chi connectivity index (χ3v) is 4.50. The first-order valence-electron chi connectivity index (χ1n) is 8.53. The molecule has 26 heavy (non-hydrogen) atoms. The Labute approximate surface area is 150 Å². The summed E-state index contributed by atoms with van der Waals surface area (Å²) in [6, 6.07) is 16.7. The Hall–Kier alpha value is -3.34. The molecule has 0 saturated heterocycles. The number of hydrogen-bond acceptors (Lipinski definition) is 3. The fourth-order valence-electron chi connectivity index (χ4n) is 3.14. The molecular formula is C21H19N3O2. The Bertz CT molecular complexity index is 1120. The number of benzene rings is 2. The lowest BCUT2D eigenvalue weighted by molar-refractivity contribution is 0.475. The van der Waals surface area contributed by atoms with Gasteiger partial charge < -0.3 is 9.67 Å². The number of aromatic hydroxyl groups is 1. The van der Waals surface area contributed by atoms with E-state index >= 15 is 0 Å². The van der Waals surface area contributed by atoms with Crippen molar-refractivity contribution in [2.24, 2.45) is 0 Å². The van der Waals surface area contributed by atoms with Crippen LogP contribution >= 0.6 is 0 Å². The van der Waals surface area contributed by atoms with Crippen LogP contribution in [0.5, 0.6) is 5.75 Å². The summed E-state index contributed by atoms with van der Waals surface area (Å²) in [7, 11) is 0. The van der Waals surface area contributed by atoms with E-state index in [1.807, 2.05) is 67.1 Å². The summed E-state index contributed by atoms with van der Waals surface area (Å²) in [5.74, 6) is 0.193. The lowest BCUT2D eigenvalue weighted by atomic mass is 10.1. The smallest absolute Gasteiger partial charge is 0.263 e. The largest absolute Gasteiger partial charge is 0.508 e. The summed E-state index contributed by atoms with van der Waals surface area (Å²) < 4.78 is 3.57. The van der Waals surface area contributed by atoms with Gasteiger partial charge in [0.2, 0.25) is 0 Å². The number of fused-ring (bicyclic) bond motifs is 1. The third-order valence-electron chi connectivity index (χ3n) is 4.50. The number of phenolic OH excluding ortho intramolecular Hbond substituents is 1. The predicted molar refractivity (Wildman–Crippen MR) is 103 cm³/mol. The minimum atomic E-state index is -0.0669. The van der Waals surface area contributed by atoms with Gasteiger partial charge >= 0.3 is 0 Å². The molecule has 0 bridgehead atoms. The van der Waals surface area contributed by atoms with Gasteiger partial charge in [-0.15, -0.1) is 0 Å². The molecule has 4 rings (SSSR count). The first-order valence-corrected chi connectivity index (χ1v) is 8.53. The van der Waals surface area contributed by atoms with Crippen molar-refractivity contribution in [2.75, 3.05) is 0 Å². The van der Waals surface area contributed by atoms with Crippen molar-refractivity contribution in [2.45, 2.75) is 19.9 Å². The maximum atomic E-state index is 13.1. The average Bonchev–Trinajstić information content (AvgIpc) is 3.03. The number of hydrogen-bond donors (Lipinski definition) is 1. The average molecular weight is 345 g/mol. The van der Waals surface area contributed by atoms with Crippen LogP contribution in [0, 0.1) is 0 Å². The number of phenols is 1. The minimum absolute atomic E-state index is 0.0205. The molecule has 0 aliphatic heterocycles. The maximum Gasteiger partial charge on any atom is 0.263 e. The molecule has 2 aromatic carbocycles. The molecule has 130 valence electrons. The number of aromatic nitrogens is 3. The van der Waals surface area contributed by atoms with E-state index in [9.17, 15) is 9.90 Å². The van der Waals surface area contributed by atoms with Gasteiger partial charge in [0.15, 0.2) is 5.65 Å². The maximum absolute atomic E-state index is 13.1. The highest BCUT2D eigenvalue weighted by Gasteiger charge is 2.18. The summed E-state index contributed by atoms with van der Waals surface area (Å²) in [4.78, 5) is 17.7. The highest BCUT2D eigenvalue weighted by atomic mass is 16.3. The van der Waals surface area contributed by atoms with Gasteiger partial charge in [-0.3, -0.25) is 9.36 Å². The van der Waals surface area contributed by atoms with Gasteiger partial charge in [0.25, 0.3) is 5.56 Å². The first kappa shape index (κ1) is 16.1. The Morgan fingerprint density at radius 3 is 2.35 bits per heavy atom. The molecule has 0 radical (unpaired) electrons. The highest BCUT2D eigenvalue weighted by molar-refractivity contribution is 5.94. The van der Waals surface area contributed by atoms with Crippen molar-refractivity contribution < 1.29 is 5.11 Å². The molecule has 5 heteroatoms. The van der Waals surface area contributed by atoms with Gasteiger partial charge in [-0.25, -0.2) is 4.98 Å². The Kier molecular flexibility index (Phi) is 3.84. The second-order valence-corrected chi connectivity index (χ2v) is 6.54. The third kappa shape index (κ3) is 2.58. The molecule has 0 aliphatic carbocycles. The van der Waals surface area contributed by atoms with Crippen LogP contribution in [0.1, 0.15) is 19.9 Å². The Morgan fingerprint density at radius 1 is 1.00 bits per heavy atom. The van der Waals surface area contributed by atoms with Crippen LogP contribution in [0.4, 0.5) is 0 Å². The van der Waals surface area contributed by atoms with Crippen LogP contribution in [-0.2, 0) is 0 Å². The van der Waals surface area contributed by atoms with Crippen LogP contribution in [0.15, 0.2) is 71.9 Å². The number of para-hydroxylation sites is 1. The zero-order valence-corrected chi connectivity index (χ0v) is 14.6. The standard InChI is InChI=1S/C21H19N3O2/c1-14(2)24-13-22-20-19(21(24)26)18(15-8-10-17(25)11-9-15)12-23(20)16-6-4-3-5-7-16/h3-14,25H,1-2H3. The van der Waals surface area contributed by atoms with E-state index in [-0.39, 0.29) is 17.4 Å². The molecule has 1 N–H and O–H groups in total. The van der Waals surface area contributed by atoms with E-state index in [0.29, 0.717) is 11.0 Å². The summed E-state index contributed by atoms with van der Waals surface area (Å²) in [5.41, 5.74) is 3.17. The van der Waals surface area contributed by atoms with Gasteiger partial charge in [-0.2, -0.15) is 0 Å². The summed E-state index contributed by atoms with van der Waals surface area (Å²) in [5, 5.41) is 10.2. The van der Waals surface area contributed by atoms with E-state index in [1.165, 1.54) is 0 Å². The molecule has 2 heterocycles. The zero-order chi connectivity index (χ0) is 18.3. The fraction of sp³-hybridized carbons (Fsp3) is 0.143. The van der Waals surface area contributed by atoms with E-state index < -0.39 is 0 Å². The SMILES string of the molecule is CC(C)n1cnc2c(c(-c3ccc(O)cc3)cn2-c2ccccc2)c1=O. The number of rotatable bonds is 3.